The molecule has 6 nitrogen and oxygen atoms in total. The molecule has 92 valence electrons. The Bertz CT molecular complexity index is 772. The van der Waals surface area contributed by atoms with E-state index in [2.05, 4.69) is 18.9 Å². The maximum absolute atomic E-state index is 12.3. The molecule has 0 aliphatic rings. The van der Waals surface area contributed by atoms with Crippen molar-refractivity contribution in [2.75, 3.05) is 0 Å². The van der Waals surface area contributed by atoms with Crippen LogP contribution in [0.1, 0.15) is 16.3 Å². The highest BCUT2D eigenvalue weighted by Crippen LogP contribution is 2.16. The monoisotopic (exact) mass is 279 g/mol. The number of hydrogen-bond donors (Lipinski definition) is 0. The smallest absolute Gasteiger partial charge is 0.264 e. The molecule has 8 heteroatoms. The van der Waals surface area contributed by atoms with Gasteiger partial charge in [-0.15, -0.1) is 5.10 Å². The Hall–Kier alpha value is -1.67. The van der Waals surface area contributed by atoms with Gasteiger partial charge in [-0.2, -0.15) is 4.37 Å². The van der Waals surface area contributed by atoms with Crippen LogP contribution < -0.4 is 5.56 Å². The zero-order valence-corrected chi connectivity index (χ0v) is 11.4. The van der Waals surface area contributed by atoms with Crippen LogP contribution in [0.5, 0.6) is 0 Å². The highest BCUT2D eigenvalue weighted by Gasteiger charge is 2.12. The molecule has 3 aromatic heterocycles. The van der Waals surface area contributed by atoms with Crippen molar-refractivity contribution in [1.29, 1.82) is 0 Å². The third-order valence-electron chi connectivity index (χ3n) is 2.69. The Morgan fingerprint density at radius 3 is 2.83 bits per heavy atom. The van der Waals surface area contributed by atoms with E-state index in [1.165, 1.54) is 23.1 Å². The van der Waals surface area contributed by atoms with Gasteiger partial charge in [-0.1, -0.05) is 4.49 Å². The largest absolute Gasteiger partial charge is 0.293 e. The lowest BCUT2D eigenvalue weighted by Gasteiger charge is -2.02. The van der Waals surface area contributed by atoms with Crippen LogP contribution in [0.15, 0.2) is 11.1 Å². The van der Waals surface area contributed by atoms with Gasteiger partial charge in [0, 0.05) is 0 Å². The molecule has 0 saturated carbocycles. The van der Waals surface area contributed by atoms with Crippen LogP contribution >= 0.6 is 23.1 Å². The molecule has 0 unspecified atom stereocenters. The van der Waals surface area contributed by atoms with Gasteiger partial charge in [-0.3, -0.25) is 9.36 Å². The van der Waals surface area contributed by atoms with E-state index in [0.29, 0.717) is 16.8 Å². The van der Waals surface area contributed by atoms with E-state index in [9.17, 15) is 4.79 Å². The van der Waals surface area contributed by atoms with E-state index in [0.717, 1.165) is 16.3 Å². The van der Waals surface area contributed by atoms with Crippen LogP contribution in [0.25, 0.3) is 10.2 Å². The van der Waals surface area contributed by atoms with Crippen molar-refractivity contribution in [3.63, 3.8) is 0 Å². The summed E-state index contributed by atoms with van der Waals surface area (Å²) in [6.07, 6.45) is 1.56. The van der Waals surface area contributed by atoms with Crippen molar-refractivity contribution >= 4 is 33.3 Å². The van der Waals surface area contributed by atoms with Gasteiger partial charge in [-0.25, -0.2) is 4.98 Å². The van der Waals surface area contributed by atoms with Gasteiger partial charge < -0.3 is 0 Å². The summed E-state index contributed by atoms with van der Waals surface area (Å²) in [5.41, 5.74) is 1.53. The summed E-state index contributed by atoms with van der Waals surface area (Å²) < 4.78 is 9.59. The minimum absolute atomic E-state index is 0.0564. The quantitative estimate of drug-likeness (QED) is 0.708. The molecule has 0 aliphatic carbocycles. The van der Waals surface area contributed by atoms with E-state index >= 15 is 0 Å². The van der Waals surface area contributed by atoms with Crippen LogP contribution in [0.3, 0.4) is 0 Å². The summed E-state index contributed by atoms with van der Waals surface area (Å²) in [6.45, 7) is 4.17. The Labute approximate surface area is 110 Å². The lowest BCUT2D eigenvalue weighted by molar-refractivity contribution is 0.752. The fraction of sp³-hybridized carbons (Fsp3) is 0.300. The van der Waals surface area contributed by atoms with Crippen molar-refractivity contribution in [1.82, 2.24) is 23.5 Å². The normalized spacial score (nSPS) is 11.2. The second-order valence-corrected chi connectivity index (χ2v) is 5.50. The number of hydrogen-bond acceptors (Lipinski definition) is 7. The molecule has 0 amide bonds. The molecule has 0 saturated heterocycles. The molecule has 0 spiro atoms. The van der Waals surface area contributed by atoms with Gasteiger partial charge in [0.1, 0.15) is 0 Å². The first kappa shape index (κ1) is 11.4. The van der Waals surface area contributed by atoms with Gasteiger partial charge in [0.2, 0.25) is 0 Å². The van der Waals surface area contributed by atoms with E-state index in [1.54, 1.807) is 10.9 Å². The van der Waals surface area contributed by atoms with Gasteiger partial charge in [0.05, 0.1) is 34.5 Å². The van der Waals surface area contributed by atoms with Crippen molar-refractivity contribution in [2.45, 2.75) is 20.4 Å². The lowest BCUT2D eigenvalue weighted by atomic mass is 10.3. The molecule has 0 radical (unpaired) electrons. The average Bonchev–Trinajstić information content (AvgIpc) is 2.91. The van der Waals surface area contributed by atoms with E-state index < -0.39 is 0 Å². The van der Waals surface area contributed by atoms with Gasteiger partial charge in [0.15, 0.2) is 4.83 Å². The lowest BCUT2D eigenvalue weighted by Crippen LogP contribution is -2.21. The second kappa shape index (κ2) is 4.21. The highest BCUT2D eigenvalue weighted by atomic mass is 32.1. The SMILES string of the molecule is Cc1nnsc1Cn1cnc2snc(C)c2c1=O. The fourth-order valence-corrected chi connectivity index (χ4v) is 3.04. The molecule has 0 aromatic carbocycles. The topological polar surface area (TPSA) is 73.6 Å². The number of aryl methyl sites for hydroxylation is 2. The minimum atomic E-state index is -0.0564. The molecule has 0 bridgehead atoms. The third-order valence-corrected chi connectivity index (χ3v) is 4.35. The molecule has 3 rings (SSSR count). The standard InChI is InChI=1S/C10H9N5OS2/c1-5-7(17-14-12-5)3-15-4-11-9-8(10(15)16)6(2)13-18-9/h4H,3H2,1-2H3. The van der Waals surface area contributed by atoms with Crippen LogP contribution in [0.2, 0.25) is 0 Å². The molecule has 18 heavy (non-hydrogen) atoms. The molecular weight excluding hydrogens is 270 g/mol. The summed E-state index contributed by atoms with van der Waals surface area (Å²) in [5, 5.41) is 4.54. The summed E-state index contributed by atoms with van der Waals surface area (Å²) in [7, 11) is 0. The van der Waals surface area contributed by atoms with Crippen molar-refractivity contribution in [3.05, 3.63) is 32.9 Å². The molecule has 0 aliphatic heterocycles. The number of nitrogens with zero attached hydrogens (tertiary/aromatic N) is 5. The number of fused-ring (bicyclic) bond motifs is 1. The first-order valence-electron chi connectivity index (χ1n) is 5.26. The van der Waals surface area contributed by atoms with Gasteiger partial charge in [-0.05, 0) is 36.9 Å². The zero-order valence-electron chi connectivity index (χ0n) is 9.75. The maximum atomic E-state index is 12.3. The molecule has 3 heterocycles. The Morgan fingerprint density at radius 2 is 2.11 bits per heavy atom. The van der Waals surface area contributed by atoms with Crippen molar-refractivity contribution < 1.29 is 0 Å². The van der Waals surface area contributed by atoms with Crippen LogP contribution in [-0.2, 0) is 6.54 Å². The Morgan fingerprint density at radius 1 is 1.28 bits per heavy atom. The van der Waals surface area contributed by atoms with E-state index in [1.807, 2.05) is 13.8 Å². The van der Waals surface area contributed by atoms with Crippen LogP contribution in [0.4, 0.5) is 0 Å². The van der Waals surface area contributed by atoms with E-state index in [4.69, 9.17) is 0 Å². The first-order valence-corrected chi connectivity index (χ1v) is 6.80. The van der Waals surface area contributed by atoms with E-state index in [-0.39, 0.29) is 5.56 Å². The molecule has 3 aromatic rings. The summed E-state index contributed by atoms with van der Waals surface area (Å²) in [4.78, 5) is 18.2. The Balaban J connectivity index is 2.13. The van der Waals surface area contributed by atoms with Gasteiger partial charge in [0.25, 0.3) is 5.56 Å². The predicted molar refractivity (Wildman–Crippen MR) is 70.2 cm³/mol. The first-order chi connectivity index (χ1) is 8.66. The molecule has 0 N–H and O–H groups in total. The van der Waals surface area contributed by atoms with Gasteiger partial charge >= 0.3 is 0 Å². The molecule has 0 atom stereocenters. The van der Waals surface area contributed by atoms with Crippen LogP contribution in [-0.4, -0.2) is 23.5 Å². The third kappa shape index (κ3) is 1.73. The Kier molecular flexibility index (Phi) is 2.67. The highest BCUT2D eigenvalue weighted by molar-refractivity contribution is 7.12. The van der Waals surface area contributed by atoms with Crippen molar-refractivity contribution in [3.8, 4) is 0 Å². The predicted octanol–water partition coefficient (Wildman–Crippen LogP) is 1.37. The van der Waals surface area contributed by atoms with Crippen molar-refractivity contribution in [2.24, 2.45) is 0 Å². The average molecular weight is 279 g/mol. The maximum Gasteiger partial charge on any atom is 0.264 e. The van der Waals surface area contributed by atoms with Crippen LogP contribution in [0, 0.1) is 13.8 Å². The summed E-state index contributed by atoms with van der Waals surface area (Å²) in [5.74, 6) is 0. The number of aromatic nitrogens is 5. The summed E-state index contributed by atoms with van der Waals surface area (Å²) >= 11 is 2.55. The fourth-order valence-electron chi connectivity index (χ4n) is 1.67. The minimum Gasteiger partial charge on any atom is -0.293 e. The zero-order chi connectivity index (χ0) is 12.7. The second-order valence-electron chi connectivity index (χ2n) is 3.91. The molecule has 0 fully saturated rings. The summed E-state index contributed by atoms with van der Waals surface area (Å²) in [6, 6.07) is 0. The number of rotatable bonds is 2. The molecular formula is C10H9N5OS2.